The maximum absolute atomic E-state index is 15.4. The van der Waals surface area contributed by atoms with Gasteiger partial charge in [-0.05, 0) is 81.2 Å². The molecule has 3 atom stereocenters. The molecule has 2 aromatic carbocycles. The second-order valence-electron chi connectivity index (χ2n) is 18.6. The Morgan fingerprint density at radius 3 is 2.26 bits per heavy atom. The highest BCUT2D eigenvalue weighted by atomic mass is 32.2. The highest BCUT2D eigenvalue weighted by Crippen LogP contribution is 2.42. The molecule has 0 saturated carbocycles. The number of imide groups is 1. The number of carbonyl (C=O) groups excluding carboxylic acids is 4. The lowest BCUT2D eigenvalue weighted by molar-refractivity contribution is -0.141. The van der Waals surface area contributed by atoms with Gasteiger partial charge in [-0.3, -0.25) is 24.1 Å². The molecular formula is C48H62F2N4O7S. The Balaban J connectivity index is 1.35. The third-order valence-electron chi connectivity index (χ3n) is 11.2. The van der Waals surface area contributed by atoms with Crippen molar-refractivity contribution in [3.05, 3.63) is 95.8 Å². The molecule has 0 spiro atoms. The first-order valence-corrected chi connectivity index (χ1v) is 22.8. The van der Waals surface area contributed by atoms with Crippen LogP contribution in [0.15, 0.2) is 72.9 Å². The lowest BCUT2D eigenvalue weighted by atomic mass is 9.82. The number of likely N-dealkylation sites (tertiary alicyclic amines) is 1. The van der Waals surface area contributed by atoms with Gasteiger partial charge in [0.05, 0.1) is 17.7 Å². The van der Waals surface area contributed by atoms with E-state index < -0.39 is 46.7 Å². The van der Waals surface area contributed by atoms with Crippen molar-refractivity contribution in [1.29, 1.82) is 0 Å². The number of aliphatic carboxylic acids is 1. The fraction of sp³-hybridized carbons (Fsp3) is 0.521. The van der Waals surface area contributed by atoms with E-state index in [1.54, 1.807) is 11.1 Å². The molecule has 11 nitrogen and oxygen atoms in total. The zero-order valence-electron chi connectivity index (χ0n) is 36.9. The molecule has 62 heavy (non-hydrogen) atoms. The van der Waals surface area contributed by atoms with Gasteiger partial charge in [-0.15, -0.1) is 0 Å². The third-order valence-corrected chi connectivity index (χ3v) is 12.3. The first kappa shape index (κ1) is 48.1. The number of carbonyl (C=O) groups is 5. The van der Waals surface area contributed by atoms with E-state index >= 15 is 4.39 Å². The number of amides is 4. The summed E-state index contributed by atoms with van der Waals surface area (Å²) in [6.07, 6.45) is 8.88. The Morgan fingerprint density at radius 2 is 1.60 bits per heavy atom. The van der Waals surface area contributed by atoms with Gasteiger partial charge in [-0.2, -0.15) is 11.8 Å². The summed E-state index contributed by atoms with van der Waals surface area (Å²) in [4.78, 5) is 68.6. The van der Waals surface area contributed by atoms with Gasteiger partial charge in [0.25, 0.3) is 11.8 Å². The second kappa shape index (κ2) is 21.4. The number of thioether (sulfide) groups is 1. The molecular weight excluding hydrogens is 815 g/mol. The molecule has 0 radical (unpaired) electrons. The van der Waals surface area contributed by atoms with Crippen LogP contribution in [0.25, 0.3) is 11.1 Å². The quantitative estimate of drug-likeness (QED) is 0.0879. The fourth-order valence-electron chi connectivity index (χ4n) is 8.21. The van der Waals surface area contributed by atoms with Crippen LogP contribution >= 0.6 is 11.8 Å². The minimum atomic E-state index is -0.919. The van der Waals surface area contributed by atoms with Gasteiger partial charge >= 0.3 is 12.1 Å². The molecule has 4 amide bonds. The first-order valence-electron chi connectivity index (χ1n) is 21.6. The molecule has 1 N–H and O–H groups in total. The summed E-state index contributed by atoms with van der Waals surface area (Å²) < 4.78 is 37.6. The highest BCUT2D eigenvalue weighted by Gasteiger charge is 2.40. The zero-order valence-corrected chi connectivity index (χ0v) is 37.7. The lowest BCUT2D eigenvalue weighted by Crippen LogP contribution is -2.46. The minimum Gasteiger partial charge on any atom is -0.481 e. The van der Waals surface area contributed by atoms with E-state index in [4.69, 9.17) is 4.74 Å². The maximum Gasteiger partial charge on any atom is 0.410 e. The summed E-state index contributed by atoms with van der Waals surface area (Å²) in [5, 5.41) is 10.1. The molecule has 1 saturated heterocycles. The number of ether oxygens (including phenoxy) is 1. The van der Waals surface area contributed by atoms with Gasteiger partial charge in [-0.25, -0.2) is 13.6 Å². The highest BCUT2D eigenvalue weighted by molar-refractivity contribution is 7.99. The van der Waals surface area contributed by atoms with E-state index in [-0.39, 0.29) is 40.7 Å². The second-order valence-corrected chi connectivity index (χ2v) is 19.6. The largest absolute Gasteiger partial charge is 0.481 e. The van der Waals surface area contributed by atoms with E-state index in [9.17, 15) is 33.5 Å². The van der Waals surface area contributed by atoms with Gasteiger partial charge in [-0.1, -0.05) is 76.8 Å². The Hall–Kier alpha value is -4.98. The smallest absolute Gasteiger partial charge is 0.410 e. The van der Waals surface area contributed by atoms with Crippen LogP contribution in [0.4, 0.5) is 13.6 Å². The van der Waals surface area contributed by atoms with Crippen LogP contribution in [0.2, 0.25) is 0 Å². The molecule has 14 heteroatoms. The van der Waals surface area contributed by atoms with Crippen LogP contribution in [-0.4, -0.2) is 97.4 Å². The van der Waals surface area contributed by atoms with Crippen LogP contribution in [0, 0.1) is 28.9 Å². The van der Waals surface area contributed by atoms with Crippen LogP contribution in [0.1, 0.15) is 104 Å². The number of carboxylic acid groups (broad SMARTS) is 1. The van der Waals surface area contributed by atoms with Crippen molar-refractivity contribution in [1.82, 2.24) is 19.3 Å². The van der Waals surface area contributed by atoms with Crippen LogP contribution < -0.4 is 0 Å². The molecule has 1 fully saturated rings. The van der Waals surface area contributed by atoms with E-state index in [0.29, 0.717) is 64.0 Å². The normalized spacial score (nSPS) is 16.5. The lowest BCUT2D eigenvalue weighted by Gasteiger charge is -2.42. The Bertz CT molecular complexity index is 2060. The van der Waals surface area contributed by atoms with Gasteiger partial charge in [0, 0.05) is 73.6 Å². The van der Waals surface area contributed by atoms with Crippen molar-refractivity contribution in [2.24, 2.45) is 17.3 Å². The van der Waals surface area contributed by atoms with Crippen LogP contribution in [-0.2, 0) is 30.5 Å². The predicted octanol–water partition coefficient (Wildman–Crippen LogP) is 9.35. The number of nitrogens with zero attached hydrogens (tertiary/aromatic N) is 4. The zero-order chi connectivity index (χ0) is 45.2. The monoisotopic (exact) mass is 876 g/mol. The summed E-state index contributed by atoms with van der Waals surface area (Å²) in [7, 11) is 0. The first-order chi connectivity index (χ1) is 29.3. The van der Waals surface area contributed by atoms with Crippen molar-refractivity contribution < 1.29 is 42.6 Å². The summed E-state index contributed by atoms with van der Waals surface area (Å²) in [6.45, 7) is 13.5. The number of hydrogen-bond acceptors (Lipinski definition) is 7. The average Bonchev–Trinajstić information content (AvgIpc) is 3.92. The van der Waals surface area contributed by atoms with Crippen molar-refractivity contribution in [3.8, 4) is 11.1 Å². The molecule has 1 aromatic heterocycles. The molecule has 3 heterocycles. The Labute approximate surface area is 368 Å². The van der Waals surface area contributed by atoms with Crippen LogP contribution in [0.5, 0.6) is 0 Å². The molecule has 0 bridgehead atoms. The molecule has 336 valence electrons. The van der Waals surface area contributed by atoms with Crippen molar-refractivity contribution >= 4 is 41.5 Å². The number of halogens is 2. The van der Waals surface area contributed by atoms with Crippen molar-refractivity contribution in [2.45, 2.75) is 105 Å². The number of carboxylic acids is 1. The number of benzene rings is 2. The molecule has 1 unspecified atom stereocenters. The summed E-state index contributed by atoms with van der Waals surface area (Å²) in [5.74, 6) is -3.31. The number of unbranched alkanes of at least 4 members (excludes halogenated alkanes) is 4. The fourth-order valence-corrected chi connectivity index (χ4v) is 9.26. The molecule has 5 rings (SSSR count). The number of aromatic nitrogens is 1. The van der Waals surface area contributed by atoms with Crippen molar-refractivity contribution in [3.63, 3.8) is 0 Å². The third kappa shape index (κ3) is 13.5. The van der Waals surface area contributed by atoms with E-state index in [0.717, 1.165) is 42.7 Å². The summed E-state index contributed by atoms with van der Waals surface area (Å²) in [5.41, 5.74) is 1.05. The SMILES string of the molecule is CC(C)(C)OC(=O)N1CCC(CN(C(=O)CSC[C@H](CCCCCCCN2C(=O)C=CC2=O)C(=O)O)[C@@H](c2cc(-c3cc(F)ccc3F)cn2Cc2ccccc2)C(C)(C)C)C1. The van der Waals surface area contributed by atoms with E-state index in [1.165, 1.54) is 34.9 Å². The van der Waals surface area contributed by atoms with Gasteiger partial charge < -0.3 is 24.2 Å². The molecule has 3 aromatic rings. The van der Waals surface area contributed by atoms with Gasteiger partial charge in [0.2, 0.25) is 5.91 Å². The standard InChI is InChI=1S/C48H62F2N4O7S/c1-47(2,3)44(40-25-36(38-26-37(49)18-19-39(38)50)30-52(40)27-33-15-11-10-12-16-33)54(29-34-22-24-51(28-34)46(60)61-48(4,5)6)43(57)32-62-31-35(45(58)59)17-13-8-7-9-14-23-53-41(55)20-21-42(53)56/h10-12,15-16,18-21,25-26,30,34-35,44H,7-9,13-14,17,22-24,27-29,31-32H2,1-6H3,(H,58,59)/t34?,35-,44-/m0/s1. The number of rotatable bonds is 20. The molecule has 2 aliphatic heterocycles. The van der Waals surface area contributed by atoms with E-state index in [1.807, 2.05) is 87.4 Å². The number of hydrogen-bond donors (Lipinski definition) is 1. The van der Waals surface area contributed by atoms with Gasteiger partial charge in [0.15, 0.2) is 0 Å². The Kier molecular flexibility index (Phi) is 16.6. The summed E-state index contributed by atoms with van der Waals surface area (Å²) >= 11 is 1.29. The summed E-state index contributed by atoms with van der Waals surface area (Å²) in [6, 6.07) is 14.4. The van der Waals surface area contributed by atoms with Crippen LogP contribution in [0.3, 0.4) is 0 Å². The minimum absolute atomic E-state index is 0.0203. The van der Waals surface area contributed by atoms with Gasteiger partial charge in [0.1, 0.15) is 17.2 Å². The average molecular weight is 877 g/mol. The predicted molar refractivity (Wildman–Crippen MR) is 237 cm³/mol. The molecule has 0 aliphatic carbocycles. The molecule has 2 aliphatic rings. The Morgan fingerprint density at radius 1 is 0.919 bits per heavy atom. The van der Waals surface area contributed by atoms with E-state index in [2.05, 4.69) is 0 Å². The topological polar surface area (TPSA) is 129 Å². The maximum atomic E-state index is 15.4. The van der Waals surface area contributed by atoms with Crippen molar-refractivity contribution in [2.75, 3.05) is 37.7 Å².